The van der Waals surface area contributed by atoms with Gasteiger partial charge in [-0.05, 0) is 30.4 Å². The van der Waals surface area contributed by atoms with Crippen LogP contribution in [0.5, 0.6) is 11.5 Å². The number of aryl methyl sites for hydroxylation is 1. The molecule has 0 unspecified atom stereocenters. The monoisotopic (exact) mass is 238 g/mol. The van der Waals surface area contributed by atoms with Crippen molar-refractivity contribution in [3.63, 3.8) is 0 Å². The third-order valence-corrected chi connectivity index (χ3v) is 2.44. The minimum atomic E-state index is 0.195. The molecule has 1 aromatic rings. The van der Waals surface area contributed by atoms with Crippen LogP contribution in [-0.4, -0.2) is 25.4 Å². The number of ether oxygens (including phenoxy) is 2. The molecule has 1 N–H and O–H groups in total. The van der Waals surface area contributed by atoms with E-state index in [0.717, 1.165) is 29.9 Å². The van der Waals surface area contributed by atoms with Crippen LogP contribution in [0.15, 0.2) is 18.2 Å². The average molecular weight is 238 g/mol. The molecule has 17 heavy (non-hydrogen) atoms. The highest BCUT2D eigenvalue weighted by molar-refractivity contribution is 5.46. The van der Waals surface area contributed by atoms with Crippen molar-refractivity contribution in [1.82, 2.24) is 0 Å². The highest BCUT2D eigenvalue weighted by Crippen LogP contribution is 2.32. The van der Waals surface area contributed by atoms with E-state index in [4.69, 9.17) is 14.6 Å². The lowest BCUT2D eigenvalue weighted by Gasteiger charge is -2.15. The van der Waals surface area contributed by atoms with Crippen molar-refractivity contribution in [2.45, 2.75) is 26.7 Å². The smallest absolute Gasteiger partial charge is 0.163 e. The highest BCUT2D eigenvalue weighted by Gasteiger charge is 2.10. The highest BCUT2D eigenvalue weighted by atomic mass is 16.5. The number of aliphatic hydroxyl groups is 1. The molecular weight excluding hydrogens is 216 g/mol. The summed E-state index contributed by atoms with van der Waals surface area (Å²) in [5, 5.41) is 8.86. The van der Waals surface area contributed by atoms with Gasteiger partial charge in [0.15, 0.2) is 11.5 Å². The van der Waals surface area contributed by atoms with Crippen LogP contribution in [-0.2, 0) is 6.42 Å². The predicted molar refractivity (Wildman–Crippen MR) is 68.7 cm³/mol. The van der Waals surface area contributed by atoms with Crippen LogP contribution in [0.25, 0.3) is 0 Å². The van der Waals surface area contributed by atoms with E-state index in [9.17, 15) is 0 Å². The number of rotatable bonds is 7. The van der Waals surface area contributed by atoms with Gasteiger partial charge in [0.25, 0.3) is 0 Å². The standard InChI is InChI=1S/C14H22O3/c1-11(2)10-17-13-8-4-6-12(7-5-9-15)14(13)16-3/h4,6,8,11,15H,5,7,9-10H2,1-3H3. The summed E-state index contributed by atoms with van der Waals surface area (Å²) < 4.78 is 11.1. The molecular formula is C14H22O3. The van der Waals surface area contributed by atoms with E-state index in [1.165, 1.54) is 0 Å². The molecule has 3 nitrogen and oxygen atoms in total. The van der Waals surface area contributed by atoms with E-state index >= 15 is 0 Å². The molecule has 0 amide bonds. The number of methoxy groups -OCH3 is 1. The first-order chi connectivity index (χ1) is 8.19. The van der Waals surface area contributed by atoms with Crippen molar-refractivity contribution in [2.75, 3.05) is 20.3 Å². The third kappa shape index (κ3) is 4.27. The molecule has 96 valence electrons. The Morgan fingerprint density at radius 3 is 2.65 bits per heavy atom. The van der Waals surface area contributed by atoms with E-state index < -0.39 is 0 Å². The Morgan fingerprint density at radius 1 is 1.29 bits per heavy atom. The minimum Gasteiger partial charge on any atom is -0.493 e. The summed E-state index contributed by atoms with van der Waals surface area (Å²) in [6.45, 7) is 5.10. The Kier molecular flexibility index (Phi) is 5.84. The van der Waals surface area contributed by atoms with E-state index in [2.05, 4.69) is 13.8 Å². The second-order valence-electron chi connectivity index (χ2n) is 4.48. The Morgan fingerprint density at radius 2 is 2.06 bits per heavy atom. The fourth-order valence-corrected chi connectivity index (χ4v) is 1.63. The summed E-state index contributed by atoms with van der Waals surface area (Å²) in [5.41, 5.74) is 1.09. The van der Waals surface area contributed by atoms with Crippen molar-refractivity contribution in [1.29, 1.82) is 0 Å². The van der Waals surface area contributed by atoms with Crippen molar-refractivity contribution in [2.24, 2.45) is 5.92 Å². The van der Waals surface area contributed by atoms with Crippen molar-refractivity contribution < 1.29 is 14.6 Å². The first-order valence-corrected chi connectivity index (χ1v) is 6.08. The van der Waals surface area contributed by atoms with Crippen molar-refractivity contribution in [3.05, 3.63) is 23.8 Å². The first kappa shape index (κ1) is 13.8. The molecule has 0 aliphatic heterocycles. The van der Waals surface area contributed by atoms with Gasteiger partial charge in [-0.15, -0.1) is 0 Å². The molecule has 0 fully saturated rings. The molecule has 0 heterocycles. The summed E-state index contributed by atoms with van der Waals surface area (Å²) in [7, 11) is 1.65. The lowest BCUT2D eigenvalue weighted by molar-refractivity contribution is 0.255. The van der Waals surface area contributed by atoms with Gasteiger partial charge in [-0.2, -0.15) is 0 Å². The maximum absolute atomic E-state index is 8.86. The predicted octanol–water partition coefficient (Wildman–Crippen LogP) is 2.65. The molecule has 3 heteroatoms. The van der Waals surface area contributed by atoms with Crippen LogP contribution in [0.4, 0.5) is 0 Å². The molecule has 0 atom stereocenters. The number of aliphatic hydroxyl groups excluding tert-OH is 1. The van der Waals surface area contributed by atoms with Gasteiger partial charge in [0.1, 0.15) is 0 Å². The maximum Gasteiger partial charge on any atom is 0.163 e. The summed E-state index contributed by atoms with van der Waals surface area (Å²) in [4.78, 5) is 0. The molecule has 0 bridgehead atoms. The Hall–Kier alpha value is -1.22. The van der Waals surface area contributed by atoms with Gasteiger partial charge in [-0.25, -0.2) is 0 Å². The summed E-state index contributed by atoms with van der Waals surface area (Å²) in [6, 6.07) is 5.89. The van der Waals surface area contributed by atoms with E-state index in [0.29, 0.717) is 12.5 Å². The fourth-order valence-electron chi connectivity index (χ4n) is 1.63. The minimum absolute atomic E-state index is 0.195. The SMILES string of the molecule is COc1c(CCCO)cccc1OCC(C)C. The fraction of sp³-hybridized carbons (Fsp3) is 0.571. The third-order valence-electron chi connectivity index (χ3n) is 2.44. The van der Waals surface area contributed by atoms with Gasteiger partial charge < -0.3 is 14.6 Å². The Balaban J connectivity index is 2.81. The zero-order valence-electron chi connectivity index (χ0n) is 10.9. The van der Waals surface area contributed by atoms with E-state index in [1.54, 1.807) is 7.11 Å². The average Bonchev–Trinajstić information content (AvgIpc) is 2.33. The zero-order valence-corrected chi connectivity index (χ0v) is 10.9. The zero-order chi connectivity index (χ0) is 12.7. The second kappa shape index (κ2) is 7.17. The number of hydrogen-bond acceptors (Lipinski definition) is 3. The van der Waals surface area contributed by atoms with Gasteiger partial charge in [-0.1, -0.05) is 26.0 Å². The van der Waals surface area contributed by atoms with Crippen LogP contribution in [0.3, 0.4) is 0 Å². The van der Waals surface area contributed by atoms with Gasteiger partial charge in [0.05, 0.1) is 13.7 Å². The van der Waals surface area contributed by atoms with E-state index in [-0.39, 0.29) is 6.61 Å². The lowest BCUT2D eigenvalue weighted by atomic mass is 10.1. The van der Waals surface area contributed by atoms with Crippen LogP contribution in [0.1, 0.15) is 25.8 Å². The number of hydrogen-bond donors (Lipinski definition) is 1. The number of benzene rings is 1. The quantitative estimate of drug-likeness (QED) is 0.793. The molecule has 0 saturated heterocycles. The van der Waals surface area contributed by atoms with Gasteiger partial charge in [0.2, 0.25) is 0 Å². The van der Waals surface area contributed by atoms with Crippen molar-refractivity contribution in [3.8, 4) is 11.5 Å². The molecule has 0 aliphatic carbocycles. The number of para-hydroxylation sites is 1. The summed E-state index contributed by atoms with van der Waals surface area (Å²) in [5.74, 6) is 2.07. The van der Waals surface area contributed by atoms with Crippen molar-refractivity contribution >= 4 is 0 Å². The molecule has 1 rings (SSSR count). The summed E-state index contributed by atoms with van der Waals surface area (Å²) in [6.07, 6.45) is 1.54. The first-order valence-electron chi connectivity index (χ1n) is 6.08. The molecule has 0 radical (unpaired) electrons. The largest absolute Gasteiger partial charge is 0.493 e. The Labute approximate surface area is 103 Å². The van der Waals surface area contributed by atoms with Crippen LogP contribution in [0.2, 0.25) is 0 Å². The van der Waals surface area contributed by atoms with Gasteiger partial charge in [0, 0.05) is 6.61 Å². The van der Waals surface area contributed by atoms with Crippen LogP contribution < -0.4 is 9.47 Å². The second-order valence-corrected chi connectivity index (χ2v) is 4.48. The Bertz CT molecular complexity index is 334. The van der Waals surface area contributed by atoms with Crippen LogP contribution >= 0.6 is 0 Å². The van der Waals surface area contributed by atoms with Gasteiger partial charge in [-0.3, -0.25) is 0 Å². The molecule has 0 aromatic heterocycles. The molecule has 0 spiro atoms. The molecule has 0 saturated carbocycles. The summed E-state index contributed by atoms with van der Waals surface area (Å²) >= 11 is 0. The van der Waals surface area contributed by atoms with Crippen LogP contribution in [0, 0.1) is 5.92 Å². The molecule has 0 aliphatic rings. The molecule has 1 aromatic carbocycles. The van der Waals surface area contributed by atoms with E-state index in [1.807, 2.05) is 18.2 Å². The normalized spacial score (nSPS) is 10.6. The maximum atomic E-state index is 8.86. The lowest BCUT2D eigenvalue weighted by Crippen LogP contribution is -2.06. The topological polar surface area (TPSA) is 38.7 Å². The van der Waals surface area contributed by atoms with Gasteiger partial charge >= 0.3 is 0 Å².